The van der Waals surface area contributed by atoms with E-state index in [4.69, 9.17) is 43.0 Å². The zero-order valence-electron chi connectivity index (χ0n) is 21.5. The SMILES string of the molecule is CCCN=C(N)NC(=O)c1nc(Cl)c(N)nc1N.CCCc1ccc(OCCOC2CCCCO2)cc1. The van der Waals surface area contributed by atoms with Crippen LogP contribution in [0.5, 0.6) is 5.75 Å². The smallest absolute Gasteiger partial charge is 0.280 e. The van der Waals surface area contributed by atoms with Crippen LogP contribution in [0.3, 0.4) is 0 Å². The highest BCUT2D eigenvalue weighted by Gasteiger charge is 2.16. The van der Waals surface area contributed by atoms with Gasteiger partial charge in [-0.1, -0.05) is 44.0 Å². The number of nitrogen functional groups attached to an aromatic ring is 2. The first-order valence-corrected chi connectivity index (χ1v) is 12.9. The number of hydrogen-bond donors (Lipinski definition) is 4. The molecule has 0 spiro atoms. The number of guanidine groups is 1. The number of benzene rings is 1. The molecule has 1 fully saturated rings. The van der Waals surface area contributed by atoms with Crippen LogP contribution in [-0.2, 0) is 15.9 Å². The number of halogens is 1. The number of carbonyl (C=O) groups excluding carboxylic acids is 1. The molecule has 7 N–H and O–H groups in total. The number of nitrogens with zero attached hydrogens (tertiary/aromatic N) is 3. The fraction of sp³-hybridized carbons (Fsp3) is 0.520. The Labute approximate surface area is 223 Å². The number of anilines is 2. The molecule has 37 heavy (non-hydrogen) atoms. The number of ether oxygens (including phenoxy) is 3. The minimum Gasteiger partial charge on any atom is -0.491 e. The fourth-order valence-corrected chi connectivity index (χ4v) is 3.41. The van der Waals surface area contributed by atoms with Gasteiger partial charge >= 0.3 is 0 Å². The predicted octanol–water partition coefficient (Wildman–Crippen LogP) is 3.31. The Hall–Kier alpha value is -3.15. The monoisotopic (exact) mass is 535 g/mol. The van der Waals surface area contributed by atoms with Gasteiger partial charge in [0, 0.05) is 13.2 Å². The molecule has 12 heteroatoms. The fourth-order valence-electron chi connectivity index (χ4n) is 3.28. The molecule has 1 aromatic heterocycles. The average Bonchev–Trinajstić information content (AvgIpc) is 2.89. The van der Waals surface area contributed by atoms with Crippen LogP contribution >= 0.6 is 11.6 Å². The molecule has 1 aliphatic heterocycles. The van der Waals surface area contributed by atoms with Gasteiger partial charge in [0.15, 0.2) is 34.7 Å². The van der Waals surface area contributed by atoms with Crippen molar-refractivity contribution in [2.45, 2.75) is 58.7 Å². The van der Waals surface area contributed by atoms with Crippen LogP contribution in [-0.4, -0.2) is 54.5 Å². The second-order valence-corrected chi connectivity index (χ2v) is 8.62. The lowest BCUT2D eigenvalue weighted by atomic mass is 10.1. The molecule has 1 unspecified atom stereocenters. The number of rotatable bonds is 10. The van der Waals surface area contributed by atoms with Gasteiger partial charge < -0.3 is 31.4 Å². The maximum atomic E-state index is 11.7. The van der Waals surface area contributed by atoms with Crippen LogP contribution in [0.25, 0.3) is 0 Å². The second-order valence-electron chi connectivity index (χ2n) is 8.26. The summed E-state index contributed by atoms with van der Waals surface area (Å²) in [4.78, 5) is 23.1. The van der Waals surface area contributed by atoms with Gasteiger partial charge in [-0.3, -0.25) is 15.1 Å². The van der Waals surface area contributed by atoms with Crippen molar-refractivity contribution in [2.24, 2.45) is 10.7 Å². The quantitative estimate of drug-likeness (QED) is 0.202. The third-order valence-electron chi connectivity index (χ3n) is 5.12. The molecule has 2 aromatic rings. The molecule has 204 valence electrons. The molecule has 2 heterocycles. The van der Waals surface area contributed by atoms with Gasteiger partial charge in [0.25, 0.3) is 5.91 Å². The summed E-state index contributed by atoms with van der Waals surface area (Å²) in [5.41, 5.74) is 17.6. The van der Waals surface area contributed by atoms with E-state index >= 15 is 0 Å². The summed E-state index contributed by atoms with van der Waals surface area (Å²) in [7, 11) is 0. The minimum atomic E-state index is -0.640. The number of aromatic nitrogens is 2. The number of aliphatic imine (C=N–C) groups is 1. The molecule has 1 aromatic carbocycles. The van der Waals surface area contributed by atoms with Gasteiger partial charge in [-0.2, -0.15) is 0 Å². The molecule has 0 bridgehead atoms. The third-order valence-corrected chi connectivity index (χ3v) is 5.40. The highest BCUT2D eigenvalue weighted by molar-refractivity contribution is 6.31. The van der Waals surface area contributed by atoms with E-state index in [9.17, 15) is 4.79 Å². The molecule has 1 aliphatic rings. The molecule has 0 radical (unpaired) electrons. The van der Waals surface area contributed by atoms with Gasteiger partial charge in [0.1, 0.15) is 12.4 Å². The standard InChI is InChI=1S/C16H24O3.C9H14ClN7O/c1-2-5-14-7-9-15(10-8-14)17-12-13-19-16-6-3-4-11-18-16;1-2-3-14-9(13)17-8(18)4-6(11)16-7(12)5(10)15-4/h7-10,16H,2-6,11-13H2,1H3;2-3H2,1H3,(H4,11,12,16)(H3,13,14,17,18). The largest absolute Gasteiger partial charge is 0.491 e. The summed E-state index contributed by atoms with van der Waals surface area (Å²) in [6.07, 6.45) is 6.45. The van der Waals surface area contributed by atoms with Crippen LogP contribution in [0.1, 0.15) is 62.0 Å². The first-order valence-electron chi connectivity index (χ1n) is 12.5. The summed E-state index contributed by atoms with van der Waals surface area (Å²) >= 11 is 5.65. The van der Waals surface area contributed by atoms with Crippen molar-refractivity contribution in [3.63, 3.8) is 0 Å². The van der Waals surface area contributed by atoms with Crippen molar-refractivity contribution in [1.29, 1.82) is 0 Å². The van der Waals surface area contributed by atoms with Crippen LogP contribution in [0, 0.1) is 0 Å². The van der Waals surface area contributed by atoms with E-state index in [0.717, 1.165) is 38.0 Å². The van der Waals surface area contributed by atoms with Crippen molar-refractivity contribution >= 4 is 35.1 Å². The summed E-state index contributed by atoms with van der Waals surface area (Å²) in [6, 6.07) is 8.32. The van der Waals surface area contributed by atoms with Gasteiger partial charge in [0.2, 0.25) is 0 Å². The summed E-state index contributed by atoms with van der Waals surface area (Å²) in [6.45, 7) is 6.62. The highest BCUT2D eigenvalue weighted by atomic mass is 35.5. The van der Waals surface area contributed by atoms with Crippen molar-refractivity contribution in [2.75, 3.05) is 37.8 Å². The molecular formula is C25H38ClN7O4. The second kappa shape index (κ2) is 16.6. The van der Waals surface area contributed by atoms with E-state index in [1.807, 2.05) is 19.1 Å². The molecule has 1 atom stereocenters. The maximum absolute atomic E-state index is 11.7. The number of hydrogen-bond acceptors (Lipinski definition) is 9. The van der Waals surface area contributed by atoms with E-state index in [1.54, 1.807) is 0 Å². The lowest BCUT2D eigenvalue weighted by Gasteiger charge is -2.22. The van der Waals surface area contributed by atoms with Crippen LogP contribution in [0.4, 0.5) is 11.6 Å². The third kappa shape index (κ3) is 11.2. The van der Waals surface area contributed by atoms with Crippen molar-refractivity contribution in [1.82, 2.24) is 15.3 Å². The summed E-state index contributed by atoms with van der Waals surface area (Å²) < 4.78 is 16.8. The van der Waals surface area contributed by atoms with Crippen molar-refractivity contribution in [3.05, 3.63) is 40.7 Å². The van der Waals surface area contributed by atoms with Gasteiger partial charge in [-0.25, -0.2) is 9.97 Å². The Kier molecular flexibility index (Phi) is 13.5. The van der Waals surface area contributed by atoms with E-state index in [0.29, 0.717) is 19.8 Å². The lowest BCUT2D eigenvalue weighted by Crippen LogP contribution is -2.38. The summed E-state index contributed by atoms with van der Waals surface area (Å²) in [5.74, 6) is 0.0827. The zero-order chi connectivity index (χ0) is 27.0. The van der Waals surface area contributed by atoms with E-state index in [-0.39, 0.29) is 34.7 Å². The zero-order valence-corrected chi connectivity index (χ0v) is 22.3. The first-order chi connectivity index (χ1) is 17.8. The van der Waals surface area contributed by atoms with Crippen LogP contribution < -0.4 is 27.3 Å². The number of aryl methyl sites for hydroxylation is 1. The Morgan fingerprint density at radius 3 is 2.54 bits per heavy atom. The Balaban J connectivity index is 0.000000261. The number of carbonyl (C=O) groups is 1. The summed E-state index contributed by atoms with van der Waals surface area (Å²) in [5, 5.41) is 2.23. The number of nitrogens with two attached hydrogens (primary N) is 3. The predicted molar refractivity (Wildman–Crippen MR) is 146 cm³/mol. The molecular weight excluding hydrogens is 498 g/mol. The molecule has 0 saturated carbocycles. The van der Waals surface area contributed by atoms with E-state index < -0.39 is 5.91 Å². The van der Waals surface area contributed by atoms with Crippen LogP contribution in [0.2, 0.25) is 5.15 Å². The average molecular weight is 536 g/mol. The van der Waals surface area contributed by atoms with Gasteiger partial charge in [-0.05, 0) is 49.8 Å². The molecule has 1 amide bonds. The van der Waals surface area contributed by atoms with Crippen molar-refractivity contribution in [3.8, 4) is 5.75 Å². The van der Waals surface area contributed by atoms with Crippen molar-refractivity contribution < 1.29 is 19.0 Å². The van der Waals surface area contributed by atoms with E-state index in [1.165, 1.54) is 18.4 Å². The maximum Gasteiger partial charge on any atom is 0.280 e. The molecule has 1 saturated heterocycles. The highest BCUT2D eigenvalue weighted by Crippen LogP contribution is 2.17. The normalized spacial score (nSPS) is 15.4. The number of nitrogens with one attached hydrogen (secondary N) is 1. The van der Waals surface area contributed by atoms with E-state index in [2.05, 4.69) is 39.3 Å². The molecule has 0 aliphatic carbocycles. The lowest BCUT2D eigenvalue weighted by molar-refractivity contribution is -0.165. The van der Waals surface area contributed by atoms with Gasteiger partial charge in [0.05, 0.1) is 6.61 Å². The molecule has 11 nitrogen and oxygen atoms in total. The Morgan fingerprint density at radius 2 is 1.89 bits per heavy atom. The first kappa shape index (κ1) is 30.1. The number of amides is 1. The minimum absolute atomic E-state index is 0.0176. The Bertz CT molecular complexity index is 999. The van der Waals surface area contributed by atoms with Crippen LogP contribution in [0.15, 0.2) is 29.3 Å². The van der Waals surface area contributed by atoms with Gasteiger partial charge in [-0.15, -0.1) is 0 Å². The topological polar surface area (TPSA) is 173 Å². The molecule has 3 rings (SSSR count). The Morgan fingerprint density at radius 1 is 1.14 bits per heavy atom.